The zero-order valence-corrected chi connectivity index (χ0v) is 18.4. The number of hydrogen-bond acceptors (Lipinski definition) is 7. The summed E-state index contributed by atoms with van der Waals surface area (Å²) in [7, 11) is 2.77. The largest absolute Gasteiger partial charge is 0.492 e. The van der Waals surface area contributed by atoms with Crippen LogP contribution in [0.1, 0.15) is 33.3 Å². The van der Waals surface area contributed by atoms with Crippen LogP contribution in [0.25, 0.3) is 0 Å². The Balaban J connectivity index is 2.69. The second kappa shape index (κ2) is 10.8. The number of hydrogen-bond donors (Lipinski definition) is 1. The normalized spacial score (nSPS) is 13.1. The molecule has 1 N–H and O–H groups in total. The number of carbonyl (C=O) groups is 3. The maximum absolute atomic E-state index is 12.2. The average molecular weight is 425 g/mol. The van der Waals surface area contributed by atoms with Gasteiger partial charge >= 0.3 is 18.0 Å². The molecule has 1 unspecified atom stereocenters. The molecule has 30 heavy (non-hydrogen) atoms. The van der Waals surface area contributed by atoms with Crippen molar-refractivity contribution >= 4 is 18.0 Å². The number of nitrogens with zero attached hydrogens (tertiary/aromatic N) is 1. The maximum atomic E-state index is 12.2. The van der Waals surface area contributed by atoms with Crippen LogP contribution >= 0.6 is 0 Å². The standard InChI is InChI=1S/C21H31NO8/c1-7-28-18(25)21(27-6,17(23)24)14-15-8-10-16(11-9-15)29-13-12-22(5)19(26)30-20(2,3)4/h8-11H,7,12-14H2,1-6H3,(H,23,24). The molecule has 0 aliphatic rings. The lowest BCUT2D eigenvalue weighted by Crippen LogP contribution is -2.51. The number of rotatable bonds is 10. The van der Waals surface area contributed by atoms with Crippen LogP contribution in [0.4, 0.5) is 4.79 Å². The predicted octanol–water partition coefficient (Wildman–Crippen LogP) is 2.51. The number of benzene rings is 1. The smallest absolute Gasteiger partial charge is 0.410 e. The lowest BCUT2D eigenvalue weighted by atomic mass is 9.94. The van der Waals surface area contributed by atoms with Crippen molar-refractivity contribution in [2.24, 2.45) is 0 Å². The van der Waals surface area contributed by atoms with Gasteiger partial charge in [0, 0.05) is 20.6 Å². The zero-order valence-electron chi connectivity index (χ0n) is 18.4. The molecule has 0 spiro atoms. The van der Waals surface area contributed by atoms with Crippen molar-refractivity contribution in [3.05, 3.63) is 29.8 Å². The fourth-order valence-electron chi connectivity index (χ4n) is 2.45. The Kier molecular flexibility index (Phi) is 9.10. The molecule has 0 saturated heterocycles. The molecule has 0 aliphatic heterocycles. The number of aliphatic carboxylic acids is 1. The molecule has 9 nitrogen and oxygen atoms in total. The van der Waals surface area contributed by atoms with Crippen molar-refractivity contribution in [1.29, 1.82) is 0 Å². The van der Waals surface area contributed by atoms with E-state index < -0.39 is 29.2 Å². The van der Waals surface area contributed by atoms with Gasteiger partial charge in [-0.05, 0) is 45.4 Å². The molecular weight excluding hydrogens is 394 g/mol. The third-order valence-corrected chi connectivity index (χ3v) is 4.08. The fraction of sp³-hybridized carbons (Fsp3) is 0.571. The number of carboxylic acid groups (broad SMARTS) is 1. The van der Waals surface area contributed by atoms with Gasteiger partial charge in [0.1, 0.15) is 18.0 Å². The summed E-state index contributed by atoms with van der Waals surface area (Å²) in [6.07, 6.45) is -0.635. The van der Waals surface area contributed by atoms with Crippen LogP contribution in [0.2, 0.25) is 0 Å². The SMILES string of the molecule is CCOC(=O)C(Cc1ccc(OCCN(C)C(=O)OC(C)(C)C)cc1)(OC)C(=O)O. The van der Waals surface area contributed by atoms with E-state index in [1.54, 1.807) is 59.0 Å². The van der Waals surface area contributed by atoms with Gasteiger partial charge in [0.25, 0.3) is 5.60 Å². The first-order chi connectivity index (χ1) is 13.9. The van der Waals surface area contributed by atoms with Gasteiger partial charge in [-0.3, -0.25) is 0 Å². The quantitative estimate of drug-likeness (QED) is 0.450. The van der Waals surface area contributed by atoms with Crippen LogP contribution < -0.4 is 4.74 Å². The van der Waals surface area contributed by atoms with Crippen LogP contribution in [0.15, 0.2) is 24.3 Å². The first-order valence-corrected chi connectivity index (χ1v) is 9.56. The molecule has 0 fully saturated rings. The molecule has 1 amide bonds. The van der Waals surface area contributed by atoms with E-state index in [0.29, 0.717) is 17.9 Å². The van der Waals surface area contributed by atoms with E-state index in [2.05, 4.69) is 0 Å². The van der Waals surface area contributed by atoms with Crippen molar-refractivity contribution in [1.82, 2.24) is 4.90 Å². The molecule has 168 valence electrons. The minimum Gasteiger partial charge on any atom is -0.492 e. The molecule has 0 radical (unpaired) electrons. The van der Waals surface area contributed by atoms with E-state index in [9.17, 15) is 19.5 Å². The van der Waals surface area contributed by atoms with Crippen molar-refractivity contribution in [2.75, 3.05) is 33.9 Å². The monoisotopic (exact) mass is 425 g/mol. The fourth-order valence-corrected chi connectivity index (χ4v) is 2.45. The average Bonchev–Trinajstić information content (AvgIpc) is 2.65. The molecule has 0 aromatic heterocycles. The van der Waals surface area contributed by atoms with E-state index in [0.717, 1.165) is 7.11 Å². The van der Waals surface area contributed by atoms with Gasteiger partial charge in [0.05, 0.1) is 13.2 Å². The zero-order chi connectivity index (χ0) is 22.9. The molecule has 1 rings (SSSR count). The predicted molar refractivity (Wildman–Crippen MR) is 109 cm³/mol. The third-order valence-electron chi connectivity index (χ3n) is 4.08. The number of methoxy groups -OCH3 is 1. The molecule has 9 heteroatoms. The summed E-state index contributed by atoms with van der Waals surface area (Å²) in [5.74, 6) is -1.84. The Labute approximate surface area is 176 Å². The van der Waals surface area contributed by atoms with E-state index in [4.69, 9.17) is 18.9 Å². The highest BCUT2D eigenvalue weighted by Gasteiger charge is 2.48. The molecule has 0 heterocycles. The summed E-state index contributed by atoms with van der Waals surface area (Å²) >= 11 is 0. The van der Waals surface area contributed by atoms with Gasteiger partial charge in [-0.2, -0.15) is 0 Å². The topological polar surface area (TPSA) is 112 Å². The van der Waals surface area contributed by atoms with Crippen LogP contribution in [0.5, 0.6) is 5.75 Å². The van der Waals surface area contributed by atoms with Gasteiger partial charge in [-0.1, -0.05) is 12.1 Å². The number of carbonyl (C=O) groups excluding carboxylic acids is 2. The van der Waals surface area contributed by atoms with Crippen LogP contribution in [0, 0.1) is 0 Å². The molecule has 0 saturated carbocycles. The molecule has 1 aromatic carbocycles. The number of esters is 1. The summed E-state index contributed by atoms with van der Waals surface area (Å²) in [5.41, 5.74) is -2.13. The molecule has 0 bridgehead atoms. The Morgan fingerprint density at radius 3 is 2.17 bits per heavy atom. The highest BCUT2D eigenvalue weighted by atomic mass is 16.6. The number of likely N-dealkylation sites (N-methyl/N-ethyl adjacent to an activating group) is 1. The van der Waals surface area contributed by atoms with Crippen molar-refractivity contribution in [2.45, 2.75) is 45.3 Å². The van der Waals surface area contributed by atoms with Gasteiger partial charge in [0.15, 0.2) is 0 Å². The van der Waals surface area contributed by atoms with E-state index >= 15 is 0 Å². The van der Waals surface area contributed by atoms with Crippen molar-refractivity contribution < 1.29 is 38.4 Å². The summed E-state index contributed by atoms with van der Waals surface area (Å²) in [4.78, 5) is 37.2. The van der Waals surface area contributed by atoms with Gasteiger partial charge < -0.3 is 29.0 Å². The van der Waals surface area contributed by atoms with Crippen molar-refractivity contribution in [3.8, 4) is 5.75 Å². The van der Waals surface area contributed by atoms with E-state index in [-0.39, 0.29) is 19.6 Å². The van der Waals surface area contributed by atoms with Crippen LogP contribution in [-0.2, 0) is 30.2 Å². The lowest BCUT2D eigenvalue weighted by molar-refractivity contribution is -0.183. The summed E-state index contributed by atoms with van der Waals surface area (Å²) in [6, 6.07) is 6.58. The minimum atomic E-state index is -2.12. The molecular formula is C21H31NO8. The van der Waals surface area contributed by atoms with Gasteiger partial charge in [0.2, 0.25) is 0 Å². The van der Waals surface area contributed by atoms with E-state index in [1.807, 2.05) is 0 Å². The van der Waals surface area contributed by atoms with Crippen LogP contribution in [-0.4, -0.2) is 73.2 Å². The Morgan fingerprint density at radius 1 is 1.10 bits per heavy atom. The first kappa shape index (κ1) is 25.2. The second-order valence-corrected chi connectivity index (χ2v) is 7.63. The van der Waals surface area contributed by atoms with Gasteiger partial charge in [-0.15, -0.1) is 0 Å². The van der Waals surface area contributed by atoms with E-state index in [1.165, 1.54) is 4.90 Å². The summed E-state index contributed by atoms with van der Waals surface area (Å²) in [5, 5.41) is 9.53. The molecule has 0 aliphatic carbocycles. The Bertz CT molecular complexity index is 726. The first-order valence-electron chi connectivity index (χ1n) is 9.56. The maximum Gasteiger partial charge on any atom is 0.410 e. The minimum absolute atomic E-state index is 0.0434. The number of carboxylic acids is 1. The van der Waals surface area contributed by atoms with Crippen LogP contribution in [0.3, 0.4) is 0 Å². The molecule has 1 atom stereocenters. The third kappa shape index (κ3) is 7.22. The lowest BCUT2D eigenvalue weighted by Gasteiger charge is -2.25. The summed E-state index contributed by atoms with van der Waals surface area (Å²) < 4.78 is 20.8. The van der Waals surface area contributed by atoms with Crippen molar-refractivity contribution in [3.63, 3.8) is 0 Å². The number of ether oxygens (including phenoxy) is 4. The second-order valence-electron chi connectivity index (χ2n) is 7.63. The molecule has 1 aromatic rings. The highest BCUT2D eigenvalue weighted by molar-refractivity contribution is 6.03. The Morgan fingerprint density at radius 2 is 1.70 bits per heavy atom. The number of amides is 1. The van der Waals surface area contributed by atoms with Gasteiger partial charge in [-0.25, -0.2) is 14.4 Å². The highest BCUT2D eigenvalue weighted by Crippen LogP contribution is 2.22. The Hall–Kier alpha value is -2.81. The summed E-state index contributed by atoms with van der Waals surface area (Å²) in [6.45, 7) is 7.58.